The van der Waals surface area contributed by atoms with Crippen LogP contribution in [0.4, 0.5) is 5.69 Å². The topological polar surface area (TPSA) is 66.4 Å². The molecular weight excluding hydrogens is 242 g/mol. The molecule has 0 saturated heterocycles. The molecule has 0 bridgehead atoms. The molecule has 1 aromatic rings. The summed E-state index contributed by atoms with van der Waals surface area (Å²) < 4.78 is 0. The highest BCUT2D eigenvalue weighted by atomic mass is 16.4. The van der Waals surface area contributed by atoms with Gasteiger partial charge in [-0.15, -0.1) is 12.3 Å². The number of carboxylic acids is 1. The van der Waals surface area contributed by atoms with Gasteiger partial charge in [0.2, 0.25) is 5.91 Å². The van der Waals surface area contributed by atoms with Gasteiger partial charge in [0.05, 0.1) is 5.56 Å². The van der Waals surface area contributed by atoms with Crippen molar-refractivity contribution in [2.45, 2.75) is 32.6 Å². The minimum atomic E-state index is -0.977. The van der Waals surface area contributed by atoms with Crippen LogP contribution in [0.1, 0.15) is 41.6 Å². The van der Waals surface area contributed by atoms with E-state index in [2.05, 4.69) is 11.2 Å². The molecule has 4 nitrogen and oxygen atoms in total. The molecule has 0 spiro atoms. The number of carbonyl (C=O) groups excluding carboxylic acids is 1. The molecule has 0 saturated carbocycles. The van der Waals surface area contributed by atoms with Crippen LogP contribution in [0.15, 0.2) is 18.2 Å². The Kier molecular flexibility index (Phi) is 5.62. The van der Waals surface area contributed by atoms with Gasteiger partial charge in [-0.3, -0.25) is 4.79 Å². The average Bonchev–Trinajstić information content (AvgIpc) is 2.37. The van der Waals surface area contributed by atoms with Crippen molar-refractivity contribution in [2.75, 3.05) is 5.32 Å². The quantitative estimate of drug-likeness (QED) is 0.609. The first-order chi connectivity index (χ1) is 9.04. The molecule has 100 valence electrons. The van der Waals surface area contributed by atoms with Gasteiger partial charge in [0.25, 0.3) is 0 Å². The van der Waals surface area contributed by atoms with Gasteiger partial charge in [0.15, 0.2) is 0 Å². The summed E-state index contributed by atoms with van der Waals surface area (Å²) in [5.74, 6) is 1.47. The summed E-state index contributed by atoms with van der Waals surface area (Å²) in [6.45, 7) is 1.76. The summed E-state index contributed by atoms with van der Waals surface area (Å²) in [5, 5.41) is 11.6. The molecule has 19 heavy (non-hydrogen) atoms. The summed E-state index contributed by atoms with van der Waals surface area (Å²) in [6.07, 6.45) is 7.81. The van der Waals surface area contributed by atoms with E-state index in [9.17, 15) is 9.59 Å². The molecule has 4 heteroatoms. The fourth-order valence-electron chi connectivity index (χ4n) is 1.66. The summed E-state index contributed by atoms with van der Waals surface area (Å²) in [6, 6.07) is 4.62. The lowest BCUT2D eigenvalue weighted by Crippen LogP contribution is -2.12. The van der Waals surface area contributed by atoms with E-state index in [1.165, 1.54) is 12.1 Å². The second kappa shape index (κ2) is 7.22. The van der Waals surface area contributed by atoms with Crippen molar-refractivity contribution in [3.05, 3.63) is 29.3 Å². The summed E-state index contributed by atoms with van der Waals surface area (Å²) in [5.41, 5.74) is 1.59. The van der Waals surface area contributed by atoms with E-state index in [1.54, 1.807) is 13.0 Å². The third kappa shape index (κ3) is 4.84. The van der Waals surface area contributed by atoms with Crippen LogP contribution >= 0.6 is 0 Å². The van der Waals surface area contributed by atoms with Crippen molar-refractivity contribution in [3.63, 3.8) is 0 Å². The Morgan fingerprint density at radius 3 is 2.68 bits per heavy atom. The van der Waals surface area contributed by atoms with Gasteiger partial charge in [0.1, 0.15) is 0 Å². The zero-order valence-electron chi connectivity index (χ0n) is 10.9. The Hall–Kier alpha value is -2.28. The Labute approximate surface area is 112 Å². The maximum absolute atomic E-state index is 11.7. The molecule has 0 fully saturated rings. The first kappa shape index (κ1) is 14.8. The fraction of sp³-hybridized carbons (Fsp3) is 0.333. The first-order valence-corrected chi connectivity index (χ1v) is 6.12. The van der Waals surface area contributed by atoms with Crippen LogP contribution in [0.25, 0.3) is 0 Å². The molecule has 1 amide bonds. The first-order valence-electron chi connectivity index (χ1n) is 6.12. The number of benzene rings is 1. The Balaban J connectivity index is 2.55. The summed E-state index contributed by atoms with van der Waals surface area (Å²) in [7, 11) is 0. The minimum absolute atomic E-state index is 0.0804. The van der Waals surface area contributed by atoms with E-state index in [0.29, 0.717) is 18.5 Å². The molecule has 0 aliphatic carbocycles. The molecule has 0 atom stereocenters. The van der Waals surface area contributed by atoms with E-state index in [0.717, 1.165) is 18.4 Å². The van der Waals surface area contributed by atoms with Crippen LogP contribution in [0.2, 0.25) is 0 Å². The number of hydrogen-bond donors (Lipinski definition) is 2. The van der Waals surface area contributed by atoms with Gasteiger partial charge in [0, 0.05) is 18.5 Å². The maximum Gasteiger partial charge on any atom is 0.335 e. The van der Waals surface area contributed by atoms with Crippen molar-refractivity contribution in [2.24, 2.45) is 0 Å². The van der Waals surface area contributed by atoms with Gasteiger partial charge in [-0.25, -0.2) is 4.79 Å². The summed E-state index contributed by atoms with van der Waals surface area (Å²) in [4.78, 5) is 22.5. The molecule has 0 aromatic heterocycles. The third-order valence-corrected chi connectivity index (χ3v) is 2.72. The van der Waals surface area contributed by atoms with Crippen LogP contribution in [0.5, 0.6) is 0 Å². The number of aryl methyl sites for hydroxylation is 1. The highest BCUT2D eigenvalue weighted by Crippen LogP contribution is 2.17. The van der Waals surface area contributed by atoms with Gasteiger partial charge in [-0.2, -0.15) is 0 Å². The molecule has 1 rings (SSSR count). The van der Waals surface area contributed by atoms with Crippen molar-refractivity contribution in [1.29, 1.82) is 0 Å². The van der Waals surface area contributed by atoms with Crippen molar-refractivity contribution >= 4 is 17.6 Å². The molecule has 0 aliphatic rings. The van der Waals surface area contributed by atoms with Crippen molar-refractivity contribution < 1.29 is 14.7 Å². The molecular formula is C15H17NO3. The number of amides is 1. The lowest BCUT2D eigenvalue weighted by atomic mass is 10.1. The third-order valence-electron chi connectivity index (χ3n) is 2.72. The van der Waals surface area contributed by atoms with Crippen LogP contribution in [0, 0.1) is 19.3 Å². The number of carbonyl (C=O) groups is 2. The van der Waals surface area contributed by atoms with Gasteiger partial charge < -0.3 is 10.4 Å². The normalized spacial score (nSPS) is 9.68. The van der Waals surface area contributed by atoms with Crippen molar-refractivity contribution in [1.82, 2.24) is 0 Å². The van der Waals surface area contributed by atoms with Gasteiger partial charge in [-0.1, -0.05) is 0 Å². The van der Waals surface area contributed by atoms with E-state index >= 15 is 0 Å². The number of anilines is 1. The smallest absolute Gasteiger partial charge is 0.335 e. The lowest BCUT2D eigenvalue weighted by molar-refractivity contribution is -0.116. The van der Waals surface area contributed by atoms with Gasteiger partial charge >= 0.3 is 5.97 Å². The Morgan fingerprint density at radius 2 is 2.11 bits per heavy atom. The predicted molar refractivity (Wildman–Crippen MR) is 74.1 cm³/mol. The number of terminal acetylenes is 1. The van der Waals surface area contributed by atoms with E-state index in [-0.39, 0.29) is 11.5 Å². The second-order valence-electron chi connectivity index (χ2n) is 4.29. The fourth-order valence-corrected chi connectivity index (χ4v) is 1.66. The average molecular weight is 259 g/mol. The van der Waals surface area contributed by atoms with Crippen LogP contribution in [0.3, 0.4) is 0 Å². The van der Waals surface area contributed by atoms with E-state index in [4.69, 9.17) is 11.5 Å². The number of hydrogen-bond acceptors (Lipinski definition) is 2. The van der Waals surface area contributed by atoms with Crippen LogP contribution in [-0.2, 0) is 4.79 Å². The molecule has 0 radical (unpaired) electrons. The standard InChI is InChI=1S/C15H17NO3/c1-3-4-5-6-7-14(17)16-13-9-8-12(15(18)19)10-11(13)2/h1,8-10H,4-7H2,2H3,(H,16,17)(H,18,19). The van der Waals surface area contributed by atoms with Gasteiger partial charge in [-0.05, 0) is 43.5 Å². The van der Waals surface area contributed by atoms with Crippen LogP contribution in [-0.4, -0.2) is 17.0 Å². The van der Waals surface area contributed by atoms with Crippen LogP contribution < -0.4 is 5.32 Å². The Morgan fingerprint density at radius 1 is 1.37 bits per heavy atom. The minimum Gasteiger partial charge on any atom is -0.478 e. The predicted octanol–water partition coefficient (Wildman–Crippen LogP) is 2.83. The molecule has 2 N–H and O–H groups in total. The number of aromatic carboxylic acids is 1. The van der Waals surface area contributed by atoms with Crippen molar-refractivity contribution in [3.8, 4) is 12.3 Å². The number of rotatable bonds is 6. The number of unbranched alkanes of at least 4 members (excludes halogenated alkanes) is 2. The largest absolute Gasteiger partial charge is 0.478 e. The number of carboxylic acid groups (broad SMARTS) is 1. The second-order valence-corrected chi connectivity index (χ2v) is 4.29. The van der Waals surface area contributed by atoms with E-state index < -0.39 is 5.97 Å². The molecule has 0 unspecified atom stereocenters. The monoisotopic (exact) mass is 259 g/mol. The molecule has 1 aromatic carbocycles. The SMILES string of the molecule is C#CCCCCC(=O)Nc1ccc(C(=O)O)cc1C. The highest BCUT2D eigenvalue weighted by molar-refractivity contribution is 5.93. The Bertz CT molecular complexity index is 515. The number of nitrogens with one attached hydrogen (secondary N) is 1. The zero-order valence-corrected chi connectivity index (χ0v) is 10.9. The zero-order chi connectivity index (χ0) is 14.3. The maximum atomic E-state index is 11.7. The molecule has 0 aliphatic heterocycles. The summed E-state index contributed by atoms with van der Waals surface area (Å²) >= 11 is 0. The highest BCUT2D eigenvalue weighted by Gasteiger charge is 2.08. The molecule has 0 heterocycles. The van der Waals surface area contributed by atoms with E-state index in [1.807, 2.05) is 0 Å². The lowest BCUT2D eigenvalue weighted by Gasteiger charge is -2.08.